The molecule has 1 atom stereocenters. The van der Waals surface area contributed by atoms with Crippen molar-refractivity contribution in [2.45, 2.75) is 15.9 Å². The van der Waals surface area contributed by atoms with Gasteiger partial charge in [-0.3, -0.25) is 5.10 Å². The van der Waals surface area contributed by atoms with Crippen molar-refractivity contribution in [3.05, 3.63) is 66.6 Å². The van der Waals surface area contributed by atoms with Gasteiger partial charge in [-0.1, -0.05) is 24.3 Å². The fourth-order valence-corrected chi connectivity index (χ4v) is 3.38. The minimum Gasteiger partial charge on any atom is -0.471 e. The van der Waals surface area contributed by atoms with Crippen LogP contribution < -0.4 is 0 Å². The minimum absolute atomic E-state index is 0.0321. The number of nitrogens with zero attached hydrogens (tertiary/aromatic N) is 2. The quantitative estimate of drug-likeness (QED) is 0.740. The number of rotatable bonds is 5. The maximum absolute atomic E-state index is 12.6. The van der Waals surface area contributed by atoms with Gasteiger partial charge < -0.3 is 9.52 Å². The highest BCUT2D eigenvalue weighted by Crippen LogP contribution is 2.26. The Hall–Kier alpha value is -2.71. The number of aromatic amines is 1. The van der Waals surface area contributed by atoms with E-state index in [2.05, 4.69) is 15.2 Å². The molecule has 0 aliphatic heterocycles. The Balaban J connectivity index is 1.91. The average molecular weight is 331 g/mol. The molecule has 7 nitrogen and oxygen atoms in total. The molecule has 0 saturated carbocycles. The number of H-pyrrole nitrogens is 1. The number of furan rings is 1. The van der Waals surface area contributed by atoms with Gasteiger partial charge in [0.05, 0.1) is 11.2 Å². The predicted octanol–water partition coefficient (Wildman–Crippen LogP) is 1.98. The van der Waals surface area contributed by atoms with E-state index < -0.39 is 15.9 Å². The van der Waals surface area contributed by atoms with Gasteiger partial charge in [0.15, 0.2) is 5.82 Å². The summed E-state index contributed by atoms with van der Waals surface area (Å²) in [6.07, 6.45) is 5.58. The summed E-state index contributed by atoms with van der Waals surface area (Å²) >= 11 is 0. The monoisotopic (exact) mass is 331 g/mol. The van der Waals surface area contributed by atoms with Crippen molar-refractivity contribution >= 4 is 15.9 Å². The van der Waals surface area contributed by atoms with Crippen LogP contribution in [0.15, 0.2) is 69.5 Å². The fourth-order valence-electron chi connectivity index (χ4n) is 2.01. The molecule has 118 valence electrons. The van der Waals surface area contributed by atoms with Crippen molar-refractivity contribution < 1.29 is 17.9 Å². The van der Waals surface area contributed by atoms with Gasteiger partial charge in [0.25, 0.3) is 0 Å². The number of benzene rings is 1. The zero-order chi connectivity index (χ0) is 16.3. The molecule has 0 aliphatic rings. The first kappa shape index (κ1) is 15.2. The van der Waals surface area contributed by atoms with Crippen LogP contribution in [-0.2, 0) is 9.84 Å². The van der Waals surface area contributed by atoms with Gasteiger partial charge in [-0.15, -0.1) is 0 Å². The molecule has 1 unspecified atom stereocenters. The van der Waals surface area contributed by atoms with Crippen LogP contribution >= 0.6 is 0 Å². The van der Waals surface area contributed by atoms with Gasteiger partial charge in [-0.05, 0) is 18.2 Å². The van der Waals surface area contributed by atoms with E-state index in [1.54, 1.807) is 18.2 Å². The van der Waals surface area contributed by atoms with Crippen LogP contribution in [0, 0.1) is 0 Å². The van der Waals surface area contributed by atoms with Crippen LogP contribution in [0.4, 0.5) is 0 Å². The molecule has 0 fully saturated rings. The molecular formula is C15H13N3O4S. The van der Waals surface area contributed by atoms with Crippen LogP contribution in [0.25, 0.3) is 6.08 Å². The number of aliphatic hydroxyl groups excluding tert-OH is 1. The molecule has 2 aromatic heterocycles. The molecule has 8 heteroatoms. The number of aliphatic hydroxyl groups is 1. The number of nitrogens with one attached hydrogen (secondary N) is 1. The molecule has 0 aliphatic carbocycles. The van der Waals surface area contributed by atoms with Crippen molar-refractivity contribution in [3.63, 3.8) is 0 Å². The Morgan fingerprint density at radius 2 is 2.00 bits per heavy atom. The van der Waals surface area contributed by atoms with Crippen molar-refractivity contribution in [2.75, 3.05) is 0 Å². The number of hydrogen-bond acceptors (Lipinski definition) is 6. The third-order valence-corrected chi connectivity index (χ3v) is 4.97. The summed E-state index contributed by atoms with van der Waals surface area (Å²) in [5.74, 6) is 0.261. The lowest BCUT2D eigenvalue weighted by atomic mass is 10.2. The van der Waals surface area contributed by atoms with Gasteiger partial charge in [-0.2, -0.15) is 5.10 Å². The molecule has 0 amide bonds. The highest BCUT2D eigenvalue weighted by molar-refractivity contribution is 7.91. The first-order valence-corrected chi connectivity index (χ1v) is 8.15. The second-order valence-corrected chi connectivity index (χ2v) is 6.60. The third-order valence-electron chi connectivity index (χ3n) is 3.17. The Morgan fingerprint density at radius 3 is 2.70 bits per heavy atom. The smallest absolute Gasteiger partial charge is 0.210 e. The largest absolute Gasteiger partial charge is 0.471 e. The third kappa shape index (κ3) is 3.08. The lowest BCUT2D eigenvalue weighted by Crippen LogP contribution is -2.02. The maximum Gasteiger partial charge on any atom is 0.210 e. The van der Waals surface area contributed by atoms with Gasteiger partial charge in [0.2, 0.25) is 9.84 Å². The lowest BCUT2D eigenvalue weighted by Gasteiger charge is -2.03. The first-order chi connectivity index (χ1) is 11.1. The Labute approximate surface area is 132 Å². The molecule has 2 N–H and O–H groups in total. The van der Waals surface area contributed by atoms with Gasteiger partial charge in [0.1, 0.15) is 23.6 Å². The lowest BCUT2D eigenvalue weighted by molar-refractivity contribution is 0.219. The van der Waals surface area contributed by atoms with Gasteiger partial charge in [-0.25, -0.2) is 13.4 Å². The van der Waals surface area contributed by atoms with Gasteiger partial charge >= 0.3 is 0 Å². The van der Waals surface area contributed by atoms with Crippen LogP contribution in [0.1, 0.15) is 17.5 Å². The Morgan fingerprint density at radius 1 is 1.22 bits per heavy atom. The normalized spacial score (nSPS) is 13.4. The Kier molecular flexibility index (Phi) is 4.09. The highest BCUT2D eigenvalue weighted by atomic mass is 32.2. The number of hydrogen-bond donors (Lipinski definition) is 2. The molecule has 0 spiro atoms. The van der Waals surface area contributed by atoms with Crippen LogP contribution in [0.2, 0.25) is 0 Å². The van der Waals surface area contributed by atoms with E-state index in [1.807, 2.05) is 0 Å². The molecule has 3 rings (SSSR count). The molecule has 23 heavy (non-hydrogen) atoms. The van der Waals surface area contributed by atoms with Crippen LogP contribution in [0.3, 0.4) is 0 Å². The fraction of sp³-hybridized carbons (Fsp3) is 0.0667. The summed E-state index contributed by atoms with van der Waals surface area (Å²) in [4.78, 5) is 4.03. The second-order valence-electron chi connectivity index (χ2n) is 4.68. The van der Waals surface area contributed by atoms with Crippen molar-refractivity contribution in [3.8, 4) is 0 Å². The maximum atomic E-state index is 12.6. The molecule has 0 bridgehead atoms. The summed E-state index contributed by atoms with van der Waals surface area (Å²) in [5, 5.41) is 16.1. The molecule has 3 aromatic rings. The molecular weight excluding hydrogens is 318 g/mol. The zero-order valence-corrected chi connectivity index (χ0v) is 12.6. The minimum atomic E-state index is -3.69. The predicted molar refractivity (Wildman–Crippen MR) is 81.0 cm³/mol. The van der Waals surface area contributed by atoms with Crippen molar-refractivity contribution in [2.24, 2.45) is 0 Å². The van der Waals surface area contributed by atoms with E-state index in [0.29, 0.717) is 5.56 Å². The zero-order valence-electron chi connectivity index (χ0n) is 11.8. The van der Waals surface area contributed by atoms with E-state index in [0.717, 1.165) is 0 Å². The number of sulfone groups is 1. The van der Waals surface area contributed by atoms with Crippen molar-refractivity contribution in [1.82, 2.24) is 15.2 Å². The van der Waals surface area contributed by atoms with E-state index in [-0.39, 0.29) is 15.6 Å². The van der Waals surface area contributed by atoms with Gasteiger partial charge in [0, 0.05) is 5.56 Å². The average Bonchev–Trinajstić information content (AvgIpc) is 3.25. The topological polar surface area (TPSA) is 109 Å². The summed E-state index contributed by atoms with van der Waals surface area (Å²) in [5.41, 5.74) is 0.340. The van der Waals surface area contributed by atoms with Crippen LogP contribution in [-0.4, -0.2) is 28.7 Å². The molecule has 0 radical (unpaired) electrons. The second kappa shape index (κ2) is 6.19. The van der Waals surface area contributed by atoms with Crippen LogP contribution in [0.5, 0.6) is 0 Å². The summed E-state index contributed by atoms with van der Waals surface area (Å²) in [6.45, 7) is 0. The molecule has 1 aromatic carbocycles. The molecule has 0 saturated heterocycles. The van der Waals surface area contributed by atoms with E-state index in [1.165, 1.54) is 43.1 Å². The summed E-state index contributed by atoms with van der Waals surface area (Å²) in [7, 11) is -3.69. The van der Waals surface area contributed by atoms with E-state index >= 15 is 0 Å². The standard InChI is InChI=1S/C15H13N3O4S/c19-13(15-16-10-17-18-15)7-6-11-8-22-9-14(11)23(20,21)12-4-2-1-3-5-12/h1-10,13,19H,(H,16,17,18). The number of aromatic nitrogens is 3. The Bertz CT molecular complexity index is 899. The summed E-state index contributed by atoms with van der Waals surface area (Å²) in [6, 6.07) is 8.06. The highest BCUT2D eigenvalue weighted by Gasteiger charge is 2.22. The summed E-state index contributed by atoms with van der Waals surface area (Å²) < 4.78 is 30.2. The SMILES string of the molecule is O=S(=O)(c1ccccc1)c1cocc1C=CC(O)c1ncn[nH]1. The first-order valence-electron chi connectivity index (χ1n) is 6.67. The molecule has 2 heterocycles. The van der Waals surface area contributed by atoms with E-state index in [9.17, 15) is 13.5 Å². The van der Waals surface area contributed by atoms with Crippen molar-refractivity contribution in [1.29, 1.82) is 0 Å². The van der Waals surface area contributed by atoms with E-state index in [4.69, 9.17) is 4.42 Å².